The number of carbonyl (C=O) groups excluding carboxylic acids is 1. The monoisotopic (exact) mass is 345 g/mol. The summed E-state index contributed by atoms with van der Waals surface area (Å²) in [5.74, 6) is -1.43. The molecule has 10 nitrogen and oxygen atoms in total. The summed E-state index contributed by atoms with van der Waals surface area (Å²) < 4.78 is 24.9. The summed E-state index contributed by atoms with van der Waals surface area (Å²) in [7, 11) is -3.21. The van der Waals surface area contributed by atoms with Crippen molar-refractivity contribution in [1.82, 2.24) is 24.6 Å². The molecule has 0 saturated carbocycles. The molecular weight excluding hydrogens is 326 g/mol. The zero-order valence-electron chi connectivity index (χ0n) is 12.7. The van der Waals surface area contributed by atoms with Crippen LogP contribution in [0, 0.1) is 5.92 Å². The first-order chi connectivity index (χ1) is 10.8. The zero-order valence-corrected chi connectivity index (χ0v) is 13.5. The molecule has 1 aliphatic rings. The van der Waals surface area contributed by atoms with Gasteiger partial charge < -0.3 is 10.4 Å². The summed E-state index contributed by atoms with van der Waals surface area (Å²) in [4.78, 5) is 22.3. The molecular formula is C12H19N5O5S. The molecule has 2 heterocycles. The minimum Gasteiger partial charge on any atom is -0.480 e. The number of carbonyl (C=O) groups is 2. The topological polar surface area (TPSA) is 134 Å². The van der Waals surface area contributed by atoms with E-state index in [1.165, 1.54) is 8.99 Å². The van der Waals surface area contributed by atoms with Crippen LogP contribution in [0.4, 0.5) is 0 Å². The van der Waals surface area contributed by atoms with E-state index in [-0.39, 0.29) is 31.5 Å². The van der Waals surface area contributed by atoms with Crippen molar-refractivity contribution in [3.05, 3.63) is 11.9 Å². The van der Waals surface area contributed by atoms with Gasteiger partial charge in [0.15, 0.2) is 0 Å². The number of aryl methyl sites for hydroxylation is 1. The fourth-order valence-corrected chi connectivity index (χ4v) is 3.07. The van der Waals surface area contributed by atoms with E-state index in [1.54, 1.807) is 6.20 Å². The maximum absolute atomic E-state index is 11.8. The van der Waals surface area contributed by atoms with Crippen molar-refractivity contribution in [2.75, 3.05) is 25.9 Å². The van der Waals surface area contributed by atoms with Gasteiger partial charge in [0, 0.05) is 25.8 Å². The molecule has 0 unspecified atom stereocenters. The molecule has 0 aromatic carbocycles. The number of nitrogens with one attached hydrogen (secondary N) is 1. The maximum Gasteiger partial charge on any atom is 0.325 e. The van der Waals surface area contributed by atoms with Gasteiger partial charge in [-0.3, -0.25) is 9.59 Å². The van der Waals surface area contributed by atoms with E-state index in [4.69, 9.17) is 5.11 Å². The van der Waals surface area contributed by atoms with Crippen molar-refractivity contribution >= 4 is 21.9 Å². The highest BCUT2D eigenvalue weighted by atomic mass is 32.2. The van der Waals surface area contributed by atoms with Crippen molar-refractivity contribution in [2.24, 2.45) is 5.92 Å². The van der Waals surface area contributed by atoms with Crippen LogP contribution in [0.3, 0.4) is 0 Å². The second-order valence-electron chi connectivity index (χ2n) is 5.47. The molecule has 11 heteroatoms. The Hall–Kier alpha value is -2.01. The zero-order chi connectivity index (χ0) is 17.0. The summed E-state index contributed by atoms with van der Waals surface area (Å²) >= 11 is 0. The second-order valence-corrected chi connectivity index (χ2v) is 7.46. The lowest BCUT2D eigenvalue weighted by atomic mass is 10.0. The highest BCUT2D eigenvalue weighted by Gasteiger charge is 2.37. The van der Waals surface area contributed by atoms with Crippen molar-refractivity contribution in [3.63, 3.8) is 0 Å². The summed E-state index contributed by atoms with van der Waals surface area (Å²) in [6.45, 7) is 0.671. The third kappa shape index (κ3) is 4.99. The van der Waals surface area contributed by atoms with E-state index in [9.17, 15) is 18.0 Å². The Morgan fingerprint density at radius 1 is 1.43 bits per heavy atom. The van der Waals surface area contributed by atoms with Gasteiger partial charge in [-0.1, -0.05) is 5.21 Å². The number of rotatable bonds is 8. The maximum atomic E-state index is 11.8. The van der Waals surface area contributed by atoms with E-state index >= 15 is 0 Å². The molecule has 2 rings (SSSR count). The molecule has 0 radical (unpaired) electrons. The number of carboxylic acid groups (broad SMARTS) is 1. The van der Waals surface area contributed by atoms with E-state index < -0.39 is 16.0 Å². The normalized spacial score (nSPS) is 16.0. The molecule has 0 atom stereocenters. The Kier molecular flexibility index (Phi) is 5.31. The predicted octanol–water partition coefficient (Wildman–Crippen LogP) is -1.70. The Morgan fingerprint density at radius 2 is 2.13 bits per heavy atom. The van der Waals surface area contributed by atoms with Crippen LogP contribution in [0.15, 0.2) is 6.20 Å². The van der Waals surface area contributed by atoms with Crippen molar-refractivity contribution in [3.8, 4) is 0 Å². The number of aromatic nitrogens is 3. The lowest BCUT2D eigenvalue weighted by Gasteiger charge is -2.35. The van der Waals surface area contributed by atoms with Gasteiger partial charge in [-0.2, -0.15) is 0 Å². The van der Waals surface area contributed by atoms with Crippen LogP contribution in [0.5, 0.6) is 0 Å². The molecule has 1 aliphatic heterocycles. The number of hydrogen-bond acceptors (Lipinski definition) is 6. The highest BCUT2D eigenvalue weighted by molar-refractivity contribution is 7.88. The fourth-order valence-electron chi connectivity index (χ4n) is 2.17. The molecule has 0 spiro atoms. The molecule has 23 heavy (non-hydrogen) atoms. The second kappa shape index (κ2) is 7.04. The van der Waals surface area contributed by atoms with Gasteiger partial charge in [0.2, 0.25) is 15.9 Å². The van der Waals surface area contributed by atoms with Crippen LogP contribution in [-0.2, 0) is 32.6 Å². The Bertz CT molecular complexity index is 680. The van der Waals surface area contributed by atoms with Crippen LogP contribution in [-0.4, -0.2) is 70.6 Å². The van der Waals surface area contributed by atoms with E-state index in [1.807, 2.05) is 0 Å². The Balaban J connectivity index is 1.63. The lowest BCUT2D eigenvalue weighted by Crippen LogP contribution is -2.55. The van der Waals surface area contributed by atoms with Gasteiger partial charge in [0.1, 0.15) is 6.54 Å². The quantitative estimate of drug-likeness (QED) is 0.536. The molecule has 2 N–H and O–H groups in total. The van der Waals surface area contributed by atoms with Crippen LogP contribution >= 0.6 is 0 Å². The lowest BCUT2D eigenvalue weighted by molar-refractivity contribution is -0.138. The van der Waals surface area contributed by atoms with Crippen LogP contribution < -0.4 is 5.32 Å². The first kappa shape index (κ1) is 17.3. The van der Waals surface area contributed by atoms with Crippen molar-refractivity contribution in [2.45, 2.75) is 19.4 Å². The van der Waals surface area contributed by atoms with E-state index in [2.05, 4.69) is 15.6 Å². The van der Waals surface area contributed by atoms with Gasteiger partial charge >= 0.3 is 5.97 Å². The number of sulfonamides is 1. The minimum absolute atomic E-state index is 0.153. The SMILES string of the molecule is CS(=O)(=O)N1CC(C(=O)NCCCc2cn(CC(=O)O)nn2)C1. The first-order valence-electron chi connectivity index (χ1n) is 7.09. The predicted molar refractivity (Wildman–Crippen MR) is 78.9 cm³/mol. The number of aliphatic carboxylic acids is 1. The standard InChI is InChI=1S/C12H19N5O5S/c1-23(21,22)17-5-9(6-17)12(20)13-4-2-3-10-7-16(15-14-10)8-11(18)19/h7,9H,2-6,8H2,1H3,(H,13,20)(H,18,19). The van der Waals surface area contributed by atoms with E-state index in [0.717, 1.165) is 6.26 Å². The highest BCUT2D eigenvalue weighted by Crippen LogP contribution is 2.18. The first-order valence-corrected chi connectivity index (χ1v) is 8.94. The number of carboxylic acids is 1. The van der Waals surface area contributed by atoms with Gasteiger partial charge in [-0.15, -0.1) is 5.10 Å². The van der Waals surface area contributed by atoms with Crippen LogP contribution in [0.25, 0.3) is 0 Å². The molecule has 1 fully saturated rings. The molecule has 1 amide bonds. The molecule has 128 valence electrons. The molecule has 0 aliphatic carbocycles. The van der Waals surface area contributed by atoms with Gasteiger partial charge in [0.05, 0.1) is 17.9 Å². The Morgan fingerprint density at radius 3 is 2.74 bits per heavy atom. The third-order valence-corrected chi connectivity index (χ3v) is 4.72. The van der Waals surface area contributed by atoms with Crippen LogP contribution in [0.1, 0.15) is 12.1 Å². The average molecular weight is 345 g/mol. The van der Waals surface area contributed by atoms with Crippen LogP contribution in [0.2, 0.25) is 0 Å². The minimum atomic E-state index is -3.21. The molecule has 1 aromatic rings. The molecule has 0 bridgehead atoms. The fraction of sp³-hybridized carbons (Fsp3) is 0.667. The Labute approximate surface area is 133 Å². The number of amides is 1. The number of nitrogens with zero attached hydrogens (tertiary/aromatic N) is 4. The number of hydrogen-bond donors (Lipinski definition) is 2. The average Bonchev–Trinajstić information content (AvgIpc) is 2.77. The van der Waals surface area contributed by atoms with Gasteiger partial charge in [-0.25, -0.2) is 17.4 Å². The van der Waals surface area contributed by atoms with Crippen molar-refractivity contribution in [1.29, 1.82) is 0 Å². The third-order valence-electron chi connectivity index (χ3n) is 3.48. The summed E-state index contributed by atoms with van der Waals surface area (Å²) in [6.07, 6.45) is 3.89. The van der Waals surface area contributed by atoms with Crippen molar-refractivity contribution < 1.29 is 23.1 Å². The van der Waals surface area contributed by atoms with Gasteiger partial charge in [0.25, 0.3) is 0 Å². The van der Waals surface area contributed by atoms with E-state index in [0.29, 0.717) is 25.1 Å². The summed E-state index contributed by atoms with van der Waals surface area (Å²) in [5.41, 5.74) is 0.660. The summed E-state index contributed by atoms with van der Waals surface area (Å²) in [5, 5.41) is 18.9. The largest absolute Gasteiger partial charge is 0.480 e. The van der Waals surface area contributed by atoms with Gasteiger partial charge in [-0.05, 0) is 12.8 Å². The molecule has 1 aromatic heterocycles. The smallest absolute Gasteiger partial charge is 0.325 e. The molecule has 1 saturated heterocycles. The summed E-state index contributed by atoms with van der Waals surface area (Å²) in [6, 6.07) is 0.